The molecule has 23 heavy (non-hydrogen) atoms. The fourth-order valence-corrected chi connectivity index (χ4v) is 2.52. The van der Waals surface area contributed by atoms with E-state index in [-0.39, 0.29) is 5.78 Å². The van der Waals surface area contributed by atoms with Gasteiger partial charge in [0.1, 0.15) is 0 Å². The first kappa shape index (κ1) is 13.4. The Balaban J connectivity index is 1.62. The Bertz CT molecular complexity index is 1010. The number of carbonyl (C=O) groups is 1. The van der Waals surface area contributed by atoms with Gasteiger partial charge in [0.15, 0.2) is 5.82 Å². The van der Waals surface area contributed by atoms with Crippen LogP contribution in [0, 0.1) is 0 Å². The lowest BCUT2D eigenvalue weighted by molar-refractivity contribution is 0.103. The number of carbonyl (C=O) groups excluding carboxylic acids is 1. The SMILES string of the molecule is O=C(C=Cc1ccc2ncccc2c1)c1nc2ccccc2[nH]1. The summed E-state index contributed by atoms with van der Waals surface area (Å²) in [5, 5.41) is 1.05. The van der Waals surface area contributed by atoms with E-state index in [1.54, 1.807) is 12.3 Å². The average Bonchev–Trinajstić information content (AvgIpc) is 3.04. The van der Waals surface area contributed by atoms with Crippen molar-refractivity contribution in [2.75, 3.05) is 0 Å². The Kier molecular flexibility index (Phi) is 3.20. The third-order valence-electron chi connectivity index (χ3n) is 3.68. The monoisotopic (exact) mass is 299 g/mol. The van der Waals surface area contributed by atoms with Crippen LogP contribution in [0.1, 0.15) is 16.2 Å². The summed E-state index contributed by atoms with van der Waals surface area (Å²) < 4.78 is 0. The molecular weight excluding hydrogens is 286 g/mol. The molecule has 110 valence electrons. The zero-order valence-corrected chi connectivity index (χ0v) is 12.2. The normalized spacial score (nSPS) is 11.5. The van der Waals surface area contributed by atoms with Gasteiger partial charge in [-0.1, -0.05) is 30.3 Å². The van der Waals surface area contributed by atoms with Crippen molar-refractivity contribution in [3.05, 3.63) is 78.3 Å². The lowest BCUT2D eigenvalue weighted by atomic mass is 10.1. The summed E-state index contributed by atoms with van der Waals surface area (Å²) in [4.78, 5) is 23.9. The Labute approximate surface area is 132 Å². The fraction of sp³-hybridized carbons (Fsp3) is 0. The van der Waals surface area contributed by atoms with E-state index in [0.717, 1.165) is 27.5 Å². The summed E-state index contributed by atoms with van der Waals surface area (Å²) in [7, 11) is 0. The lowest BCUT2D eigenvalue weighted by Gasteiger charge is -1.98. The van der Waals surface area contributed by atoms with E-state index in [4.69, 9.17) is 0 Å². The Morgan fingerprint density at radius 3 is 2.83 bits per heavy atom. The minimum Gasteiger partial charge on any atom is -0.335 e. The molecule has 4 heteroatoms. The molecule has 4 nitrogen and oxygen atoms in total. The number of H-pyrrole nitrogens is 1. The van der Waals surface area contributed by atoms with Gasteiger partial charge in [0.25, 0.3) is 0 Å². The highest BCUT2D eigenvalue weighted by Crippen LogP contribution is 2.15. The van der Waals surface area contributed by atoms with Crippen molar-refractivity contribution in [2.24, 2.45) is 0 Å². The van der Waals surface area contributed by atoms with Gasteiger partial charge in [-0.3, -0.25) is 9.78 Å². The Morgan fingerprint density at radius 1 is 1.00 bits per heavy atom. The van der Waals surface area contributed by atoms with Crippen molar-refractivity contribution in [1.29, 1.82) is 0 Å². The second kappa shape index (κ2) is 5.50. The average molecular weight is 299 g/mol. The third kappa shape index (κ3) is 2.62. The fourth-order valence-electron chi connectivity index (χ4n) is 2.52. The molecule has 0 bridgehead atoms. The number of imidazole rings is 1. The number of benzene rings is 2. The summed E-state index contributed by atoms with van der Waals surface area (Å²) >= 11 is 0. The van der Waals surface area contributed by atoms with E-state index in [2.05, 4.69) is 15.0 Å². The smallest absolute Gasteiger partial charge is 0.221 e. The number of hydrogen-bond acceptors (Lipinski definition) is 3. The van der Waals surface area contributed by atoms with Gasteiger partial charge in [-0.2, -0.15) is 0 Å². The van der Waals surface area contributed by atoms with Crippen LogP contribution < -0.4 is 0 Å². The second-order valence-corrected chi connectivity index (χ2v) is 5.26. The van der Waals surface area contributed by atoms with Crippen LogP contribution in [-0.4, -0.2) is 20.7 Å². The molecule has 2 aromatic heterocycles. The van der Waals surface area contributed by atoms with E-state index in [9.17, 15) is 4.79 Å². The van der Waals surface area contributed by atoms with Crippen molar-refractivity contribution >= 4 is 33.8 Å². The van der Waals surface area contributed by atoms with Crippen molar-refractivity contribution in [3.8, 4) is 0 Å². The largest absolute Gasteiger partial charge is 0.335 e. The van der Waals surface area contributed by atoms with E-state index in [1.165, 1.54) is 6.08 Å². The molecule has 0 atom stereocenters. The zero-order valence-electron chi connectivity index (χ0n) is 12.2. The van der Waals surface area contributed by atoms with Gasteiger partial charge in [0.05, 0.1) is 16.6 Å². The number of nitrogens with one attached hydrogen (secondary N) is 1. The number of para-hydroxylation sites is 2. The van der Waals surface area contributed by atoms with Crippen LogP contribution in [0.15, 0.2) is 66.9 Å². The number of pyridine rings is 1. The maximum Gasteiger partial charge on any atom is 0.221 e. The topological polar surface area (TPSA) is 58.6 Å². The summed E-state index contributed by atoms with van der Waals surface area (Å²) in [6.45, 7) is 0. The number of nitrogens with zero attached hydrogens (tertiary/aromatic N) is 2. The molecule has 0 saturated heterocycles. The second-order valence-electron chi connectivity index (χ2n) is 5.26. The number of allylic oxidation sites excluding steroid dienone is 1. The predicted molar refractivity (Wildman–Crippen MR) is 91.2 cm³/mol. The first-order chi connectivity index (χ1) is 11.3. The summed E-state index contributed by atoms with van der Waals surface area (Å²) in [6.07, 6.45) is 5.10. The molecule has 0 saturated carbocycles. The molecule has 0 radical (unpaired) electrons. The van der Waals surface area contributed by atoms with E-state index in [1.807, 2.05) is 54.6 Å². The molecule has 0 spiro atoms. The van der Waals surface area contributed by atoms with Gasteiger partial charge >= 0.3 is 0 Å². The molecule has 4 rings (SSSR count). The van der Waals surface area contributed by atoms with Gasteiger partial charge in [-0.25, -0.2) is 4.98 Å². The number of rotatable bonds is 3. The maximum atomic E-state index is 12.3. The van der Waals surface area contributed by atoms with Crippen LogP contribution >= 0.6 is 0 Å². The van der Waals surface area contributed by atoms with Crippen LogP contribution in [0.25, 0.3) is 28.0 Å². The molecule has 0 amide bonds. The molecule has 0 aliphatic heterocycles. The van der Waals surface area contributed by atoms with Gasteiger partial charge in [0, 0.05) is 11.6 Å². The number of ketones is 1. The first-order valence-electron chi connectivity index (χ1n) is 7.31. The van der Waals surface area contributed by atoms with Crippen molar-refractivity contribution < 1.29 is 4.79 Å². The summed E-state index contributed by atoms with van der Waals surface area (Å²) in [6, 6.07) is 17.4. The molecule has 0 aliphatic rings. The van der Waals surface area contributed by atoms with Crippen LogP contribution in [0.5, 0.6) is 0 Å². The third-order valence-corrected chi connectivity index (χ3v) is 3.68. The summed E-state index contributed by atoms with van der Waals surface area (Å²) in [5.41, 5.74) is 3.55. The van der Waals surface area contributed by atoms with Crippen molar-refractivity contribution in [2.45, 2.75) is 0 Å². The molecular formula is C19H13N3O. The van der Waals surface area contributed by atoms with Crippen LogP contribution in [0.4, 0.5) is 0 Å². The Morgan fingerprint density at radius 2 is 1.91 bits per heavy atom. The quantitative estimate of drug-likeness (QED) is 0.459. The highest BCUT2D eigenvalue weighted by atomic mass is 16.1. The lowest BCUT2D eigenvalue weighted by Crippen LogP contribution is -1.96. The van der Waals surface area contributed by atoms with Crippen molar-refractivity contribution in [1.82, 2.24) is 15.0 Å². The minimum absolute atomic E-state index is 0.146. The maximum absolute atomic E-state index is 12.3. The highest BCUT2D eigenvalue weighted by molar-refractivity contribution is 6.06. The molecule has 2 aromatic carbocycles. The molecule has 2 heterocycles. The van der Waals surface area contributed by atoms with E-state index >= 15 is 0 Å². The van der Waals surface area contributed by atoms with Crippen LogP contribution in [-0.2, 0) is 0 Å². The van der Waals surface area contributed by atoms with Gasteiger partial charge < -0.3 is 4.98 Å². The predicted octanol–water partition coefficient (Wildman–Crippen LogP) is 4.01. The Hall–Kier alpha value is -3.27. The van der Waals surface area contributed by atoms with E-state index in [0.29, 0.717) is 5.82 Å². The van der Waals surface area contributed by atoms with Gasteiger partial charge in [-0.05, 0) is 42.0 Å². The molecule has 0 aliphatic carbocycles. The minimum atomic E-state index is -0.146. The van der Waals surface area contributed by atoms with Crippen LogP contribution in [0.2, 0.25) is 0 Å². The number of hydrogen-bond donors (Lipinski definition) is 1. The number of fused-ring (bicyclic) bond motifs is 2. The van der Waals surface area contributed by atoms with Gasteiger partial charge in [0.2, 0.25) is 5.78 Å². The zero-order chi connectivity index (χ0) is 15.6. The summed E-state index contributed by atoms with van der Waals surface area (Å²) in [5.74, 6) is 0.206. The molecule has 0 fully saturated rings. The molecule has 4 aromatic rings. The molecule has 1 N–H and O–H groups in total. The first-order valence-corrected chi connectivity index (χ1v) is 7.31. The van der Waals surface area contributed by atoms with Crippen LogP contribution in [0.3, 0.4) is 0 Å². The number of aromatic amines is 1. The van der Waals surface area contributed by atoms with Crippen molar-refractivity contribution in [3.63, 3.8) is 0 Å². The highest BCUT2D eigenvalue weighted by Gasteiger charge is 2.07. The standard InChI is InChI=1S/C19H13N3O/c23-18(19-21-16-5-1-2-6-17(16)22-19)10-8-13-7-9-15-14(12-13)4-3-11-20-15/h1-12H,(H,21,22). The molecule has 0 unspecified atom stereocenters. The van der Waals surface area contributed by atoms with E-state index < -0.39 is 0 Å². The van der Waals surface area contributed by atoms with Gasteiger partial charge in [-0.15, -0.1) is 0 Å². The number of aromatic nitrogens is 3.